The molecule has 0 radical (unpaired) electrons. The third kappa shape index (κ3) is 1.42. The average Bonchev–Trinajstić information content (AvgIpc) is 3.31. The van der Waals surface area contributed by atoms with E-state index in [4.69, 9.17) is 0 Å². The molecule has 0 fully saturated rings. The summed E-state index contributed by atoms with van der Waals surface area (Å²) in [5.74, 6) is 0. The van der Waals surface area contributed by atoms with E-state index in [1.54, 1.807) is 0 Å². The Hall–Kier alpha value is -2.88. The lowest BCUT2D eigenvalue weighted by Gasteiger charge is -2.41. The maximum absolute atomic E-state index is 2.60. The van der Waals surface area contributed by atoms with Crippen molar-refractivity contribution in [3.8, 4) is 0 Å². The molecule has 4 heterocycles. The van der Waals surface area contributed by atoms with E-state index in [1.807, 2.05) is 22.7 Å². The Morgan fingerprint density at radius 3 is 1.43 bits per heavy atom. The van der Waals surface area contributed by atoms with Crippen LogP contribution in [0.4, 0.5) is 11.4 Å². The van der Waals surface area contributed by atoms with Crippen LogP contribution in [-0.4, -0.2) is 0 Å². The number of fused-ring (bicyclic) bond motifs is 5. The Kier molecular flexibility index (Phi) is 2.31. The van der Waals surface area contributed by atoms with Crippen molar-refractivity contribution in [1.29, 1.82) is 0 Å². The maximum atomic E-state index is 2.60. The first-order valence-electron chi connectivity index (χ1n) is 9.58. The fourth-order valence-corrected chi connectivity index (χ4v) is 7.78. The largest absolute Gasteiger partial charge is 0.329 e. The smallest absolute Gasteiger partial charge is 0.0858 e. The van der Waals surface area contributed by atoms with Crippen LogP contribution in [0.25, 0.3) is 40.3 Å². The molecule has 6 aromatic rings. The maximum Gasteiger partial charge on any atom is 0.0858 e. The summed E-state index contributed by atoms with van der Waals surface area (Å²) >= 11 is 3.84. The highest BCUT2D eigenvalue weighted by atomic mass is 32.1. The molecule has 0 saturated heterocycles. The molecule has 28 heavy (non-hydrogen) atoms. The molecule has 0 atom stereocenters. The molecule has 2 aliphatic rings. The monoisotopic (exact) mass is 391 g/mol. The van der Waals surface area contributed by atoms with Gasteiger partial charge in [0, 0.05) is 40.3 Å². The molecular formula is C25H13NS2. The molecule has 3 heteroatoms. The van der Waals surface area contributed by atoms with Gasteiger partial charge in [-0.2, -0.15) is 0 Å². The van der Waals surface area contributed by atoms with Crippen molar-refractivity contribution >= 4 is 74.4 Å². The SMILES string of the molecule is c1cc2c3c(c1)sc1cccc(c13)N1c3cccc4sc5cccc(c5c34)C21. The molecule has 1 nitrogen and oxygen atoms in total. The number of anilines is 2. The predicted molar refractivity (Wildman–Crippen MR) is 123 cm³/mol. The van der Waals surface area contributed by atoms with E-state index in [-0.39, 0.29) is 6.04 Å². The number of thiophene rings is 2. The third-order valence-electron chi connectivity index (χ3n) is 6.43. The second-order valence-electron chi connectivity index (χ2n) is 7.72. The van der Waals surface area contributed by atoms with Gasteiger partial charge < -0.3 is 4.90 Å². The molecule has 0 saturated carbocycles. The molecule has 0 bridgehead atoms. The summed E-state index contributed by atoms with van der Waals surface area (Å²) in [6.07, 6.45) is 0. The van der Waals surface area contributed by atoms with Crippen molar-refractivity contribution in [3.63, 3.8) is 0 Å². The summed E-state index contributed by atoms with van der Waals surface area (Å²) in [7, 11) is 0. The van der Waals surface area contributed by atoms with E-state index >= 15 is 0 Å². The van der Waals surface area contributed by atoms with E-state index in [1.165, 1.54) is 62.8 Å². The fraction of sp³-hybridized carbons (Fsp3) is 0.0400. The number of nitrogens with zero attached hydrogens (tertiary/aromatic N) is 1. The van der Waals surface area contributed by atoms with Crippen molar-refractivity contribution in [3.05, 3.63) is 83.9 Å². The highest BCUT2D eigenvalue weighted by Gasteiger charge is 2.38. The van der Waals surface area contributed by atoms with Crippen LogP contribution in [0.3, 0.4) is 0 Å². The van der Waals surface area contributed by atoms with Gasteiger partial charge in [-0.1, -0.05) is 36.4 Å². The summed E-state index contributed by atoms with van der Waals surface area (Å²) in [5.41, 5.74) is 5.61. The Morgan fingerprint density at radius 1 is 0.500 bits per heavy atom. The van der Waals surface area contributed by atoms with Gasteiger partial charge in [0.05, 0.1) is 17.4 Å². The Labute approximate surface area is 169 Å². The molecule has 2 aliphatic heterocycles. The Morgan fingerprint density at radius 2 is 0.929 bits per heavy atom. The van der Waals surface area contributed by atoms with Gasteiger partial charge in [-0.25, -0.2) is 0 Å². The molecule has 8 rings (SSSR count). The zero-order valence-electron chi connectivity index (χ0n) is 14.8. The minimum absolute atomic E-state index is 0.243. The first-order valence-corrected chi connectivity index (χ1v) is 11.2. The fourth-order valence-electron chi connectivity index (χ4n) is 5.46. The highest BCUT2D eigenvalue weighted by molar-refractivity contribution is 7.26. The second kappa shape index (κ2) is 4.57. The van der Waals surface area contributed by atoms with E-state index < -0.39 is 0 Å². The second-order valence-corrected chi connectivity index (χ2v) is 9.89. The quantitative estimate of drug-likeness (QED) is 0.254. The van der Waals surface area contributed by atoms with Gasteiger partial charge in [0.25, 0.3) is 0 Å². The lowest BCUT2D eigenvalue weighted by molar-refractivity contribution is 0.830. The molecule has 4 aromatic carbocycles. The van der Waals surface area contributed by atoms with Gasteiger partial charge in [-0.3, -0.25) is 0 Å². The van der Waals surface area contributed by atoms with Gasteiger partial charge in [0.1, 0.15) is 0 Å². The summed E-state index contributed by atoms with van der Waals surface area (Å²) in [5, 5.41) is 5.78. The number of benzene rings is 4. The number of rotatable bonds is 0. The van der Waals surface area contributed by atoms with Crippen molar-refractivity contribution in [2.45, 2.75) is 6.04 Å². The van der Waals surface area contributed by atoms with Crippen molar-refractivity contribution < 1.29 is 0 Å². The highest BCUT2D eigenvalue weighted by Crippen LogP contribution is 2.58. The average molecular weight is 392 g/mol. The molecule has 2 aromatic heterocycles. The van der Waals surface area contributed by atoms with E-state index in [9.17, 15) is 0 Å². The predicted octanol–water partition coefficient (Wildman–Crippen LogP) is 7.98. The van der Waals surface area contributed by atoms with E-state index in [0.717, 1.165) is 0 Å². The van der Waals surface area contributed by atoms with E-state index in [2.05, 4.69) is 77.7 Å². The van der Waals surface area contributed by atoms with Crippen LogP contribution in [-0.2, 0) is 0 Å². The first-order chi connectivity index (χ1) is 13.9. The summed E-state index contributed by atoms with van der Waals surface area (Å²) in [6, 6.07) is 27.6. The minimum Gasteiger partial charge on any atom is -0.329 e. The zero-order chi connectivity index (χ0) is 18.0. The van der Waals surface area contributed by atoms with Crippen LogP contribution in [0.15, 0.2) is 72.8 Å². The molecule has 0 spiro atoms. The molecule has 0 amide bonds. The summed E-state index contributed by atoms with van der Waals surface area (Å²) < 4.78 is 5.59. The van der Waals surface area contributed by atoms with Gasteiger partial charge in [0.2, 0.25) is 0 Å². The van der Waals surface area contributed by atoms with Gasteiger partial charge in [-0.15, -0.1) is 22.7 Å². The number of hydrogen-bond acceptors (Lipinski definition) is 3. The Bertz CT molecular complexity index is 1400. The van der Waals surface area contributed by atoms with Crippen molar-refractivity contribution in [1.82, 2.24) is 0 Å². The first kappa shape index (κ1) is 14.2. The molecule has 130 valence electrons. The standard InChI is InChI=1S/C25H13NS2/c1-5-13-21-17(9-1)27-19-11-3-7-15(23(19)21)26-16-8-4-12-20-24(16)22-14(25(13)26)6-2-10-18(22)28-20/h1-12,25H. The van der Waals surface area contributed by atoms with Crippen LogP contribution >= 0.6 is 22.7 Å². The minimum atomic E-state index is 0.243. The van der Waals surface area contributed by atoms with Crippen LogP contribution in [0.1, 0.15) is 17.2 Å². The number of hydrogen-bond donors (Lipinski definition) is 0. The van der Waals surface area contributed by atoms with Crippen molar-refractivity contribution in [2.24, 2.45) is 0 Å². The zero-order valence-corrected chi connectivity index (χ0v) is 16.4. The lowest BCUT2D eigenvalue weighted by Crippen LogP contribution is -2.29. The van der Waals surface area contributed by atoms with Crippen LogP contribution < -0.4 is 4.90 Å². The van der Waals surface area contributed by atoms with Crippen LogP contribution in [0, 0.1) is 0 Å². The van der Waals surface area contributed by atoms with Crippen LogP contribution in [0.2, 0.25) is 0 Å². The van der Waals surface area contributed by atoms with Crippen molar-refractivity contribution in [2.75, 3.05) is 4.90 Å². The molecule has 0 N–H and O–H groups in total. The van der Waals surface area contributed by atoms with Crippen LogP contribution in [0.5, 0.6) is 0 Å². The van der Waals surface area contributed by atoms with Gasteiger partial charge in [0.15, 0.2) is 0 Å². The molecular weight excluding hydrogens is 378 g/mol. The third-order valence-corrected chi connectivity index (χ3v) is 8.67. The summed E-state index contributed by atoms with van der Waals surface area (Å²) in [6.45, 7) is 0. The molecule has 0 unspecified atom stereocenters. The summed E-state index contributed by atoms with van der Waals surface area (Å²) in [4.78, 5) is 2.60. The van der Waals surface area contributed by atoms with Gasteiger partial charge >= 0.3 is 0 Å². The van der Waals surface area contributed by atoms with E-state index in [0.29, 0.717) is 0 Å². The lowest BCUT2D eigenvalue weighted by atomic mass is 9.83. The Balaban J connectivity index is 1.68. The topological polar surface area (TPSA) is 3.24 Å². The van der Waals surface area contributed by atoms with Gasteiger partial charge in [-0.05, 0) is 47.5 Å². The normalized spacial score (nSPS) is 14.9. The molecule has 0 aliphatic carbocycles.